The van der Waals surface area contributed by atoms with Gasteiger partial charge in [0, 0.05) is 0 Å². The van der Waals surface area contributed by atoms with E-state index in [-0.39, 0.29) is 17.3 Å². The lowest BCUT2D eigenvalue weighted by atomic mass is 10.0. The largest absolute Gasteiger partial charge is 0.344 e. The van der Waals surface area contributed by atoms with Crippen LogP contribution in [0.1, 0.15) is 45.7 Å². The molecule has 1 unspecified atom stereocenters. The highest BCUT2D eigenvalue weighted by Gasteiger charge is 2.21. The monoisotopic (exact) mass is 375 g/mol. The molecule has 7 nitrogen and oxygen atoms in total. The minimum Gasteiger partial charge on any atom is -0.344 e. The van der Waals surface area contributed by atoms with Gasteiger partial charge in [-0.15, -0.1) is 5.10 Å². The van der Waals surface area contributed by atoms with Crippen LogP contribution in [-0.2, 0) is 0 Å². The van der Waals surface area contributed by atoms with Crippen LogP contribution in [0.4, 0.5) is 0 Å². The fourth-order valence-electron chi connectivity index (χ4n) is 3.31. The van der Waals surface area contributed by atoms with Gasteiger partial charge in [0.05, 0.1) is 17.1 Å². The molecule has 2 aromatic heterocycles. The summed E-state index contributed by atoms with van der Waals surface area (Å²) in [6, 6.07) is 11.5. The van der Waals surface area contributed by atoms with Crippen molar-refractivity contribution in [3.05, 3.63) is 74.7 Å². The number of nitrogens with zero attached hydrogens (tertiary/aromatic N) is 3. The Balaban J connectivity index is 1.72. The molecule has 0 radical (unpaired) electrons. The third kappa shape index (κ3) is 2.94. The first-order valence-electron chi connectivity index (χ1n) is 9.11. The smallest absolute Gasteiger partial charge is 0.277 e. The highest BCUT2D eigenvalue weighted by molar-refractivity contribution is 5.99. The maximum Gasteiger partial charge on any atom is 0.277 e. The van der Waals surface area contributed by atoms with Gasteiger partial charge in [0.25, 0.3) is 11.5 Å². The molecular formula is C21H21N5O2. The van der Waals surface area contributed by atoms with Gasteiger partial charge in [0.15, 0.2) is 11.2 Å². The van der Waals surface area contributed by atoms with E-state index in [4.69, 9.17) is 0 Å². The summed E-state index contributed by atoms with van der Waals surface area (Å²) in [5.41, 5.74) is 5.45. The number of aryl methyl sites for hydroxylation is 3. The molecule has 0 aliphatic carbocycles. The summed E-state index contributed by atoms with van der Waals surface area (Å²) in [5, 5.41) is 11.0. The molecule has 0 saturated heterocycles. The first-order chi connectivity index (χ1) is 13.3. The number of benzene rings is 2. The van der Waals surface area contributed by atoms with Gasteiger partial charge in [-0.1, -0.05) is 29.5 Å². The lowest BCUT2D eigenvalue weighted by Crippen LogP contribution is -2.28. The molecule has 28 heavy (non-hydrogen) atoms. The second-order valence-electron chi connectivity index (χ2n) is 7.21. The number of aromatic nitrogens is 4. The normalized spacial score (nSPS) is 12.4. The molecule has 0 fully saturated rings. The molecule has 0 aliphatic rings. The molecule has 0 saturated carbocycles. The van der Waals surface area contributed by atoms with Crippen LogP contribution < -0.4 is 10.9 Å². The Labute approximate surface area is 161 Å². The third-order valence-electron chi connectivity index (χ3n) is 5.11. The Bertz CT molecular complexity index is 1290. The van der Waals surface area contributed by atoms with E-state index < -0.39 is 11.5 Å². The Morgan fingerprint density at radius 2 is 1.89 bits per heavy atom. The van der Waals surface area contributed by atoms with Crippen molar-refractivity contribution >= 4 is 22.5 Å². The van der Waals surface area contributed by atoms with Gasteiger partial charge in [0.1, 0.15) is 0 Å². The van der Waals surface area contributed by atoms with Crippen molar-refractivity contribution in [2.45, 2.75) is 33.7 Å². The van der Waals surface area contributed by atoms with Crippen molar-refractivity contribution in [1.29, 1.82) is 0 Å². The van der Waals surface area contributed by atoms with Crippen molar-refractivity contribution in [2.75, 3.05) is 0 Å². The number of carbonyl (C=O) groups is 1. The molecule has 142 valence electrons. The van der Waals surface area contributed by atoms with Gasteiger partial charge in [-0.3, -0.25) is 9.59 Å². The summed E-state index contributed by atoms with van der Waals surface area (Å²) in [7, 11) is 0. The summed E-state index contributed by atoms with van der Waals surface area (Å²) in [6.45, 7) is 7.92. The Morgan fingerprint density at radius 3 is 2.64 bits per heavy atom. The van der Waals surface area contributed by atoms with Crippen molar-refractivity contribution < 1.29 is 4.79 Å². The molecule has 2 aromatic carbocycles. The van der Waals surface area contributed by atoms with Gasteiger partial charge in [-0.2, -0.15) is 0 Å². The molecule has 4 rings (SSSR count). The highest BCUT2D eigenvalue weighted by atomic mass is 16.2. The van der Waals surface area contributed by atoms with Crippen LogP contribution in [0.25, 0.3) is 16.6 Å². The number of hydrogen-bond acceptors (Lipinski definition) is 4. The zero-order chi connectivity index (χ0) is 20.0. The van der Waals surface area contributed by atoms with E-state index in [0.717, 1.165) is 16.7 Å². The lowest BCUT2D eigenvalue weighted by Gasteiger charge is -2.15. The number of amides is 1. The summed E-state index contributed by atoms with van der Waals surface area (Å²) in [5.74, 6) is -0.433. The molecule has 1 atom stereocenters. The molecule has 0 spiro atoms. The SMILES string of the molecule is Cc1ccc2c(c1)[nH]c(=O)c1c(C(=O)NC(C)c3ccc(C)c(C)c3)nnn12. The summed E-state index contributed by atoms with van der Waals surface area (Å²) < 4.78 is 1.42. The zero-order valence-corrected chi connectivity index (χ0v) is 16.2. The number of hydrogen-bond donors (Lipinski definition) is 2. The Kier molecular flexibility index (Phi) is 4.22. The Hall–Kier alpha value is -3.48. The molecule has 2 heterocycles. The average molecular weight is 375 g/mol. The summed E-state index contributed by atoms with van der Waals surface area (Å²) in [6.07, 6.45) is 0. The first kappa shape index (κ1) is 17.9. The van der Waals surface area contributed by atoms with Crippen LogP contribution in [-0.4, -0.2) is 25.7 Å². The third-order valence-corrected chi connectivity index (χ3v) is 5.11. The second-order valence-corrected chi connectivity index (χ2v) is 7.21. The van der Waals surface area contributed by atoms with Gasteiger partial charge in [0.2, 0.25) is 0 Å². The van der Waals surface area contributed by atoms with Gasteiger partial charge in [-0.25, -0.2) is 4.52 Å². The fourth-order valence-corrected chi connectivity index (χ4v) is 3.31. The standard InChI is InChI=1S/C21H21N5O2/c1-11-5-8-17-16(9-11)23-21(28)19-18(24-25-26(17)19)20(27)22-14(4)15-7-6-12(2)13(3)10-15/h5-10,14H,1-4H3,(H,22,27)(H,23,28). The molecule has 2 N–H and O–H groups in total. The zero-order valence-electron chi connectivity index (χ0n) is 16.2. The minimum atomic E-state index is -0.433. The van der Waals surface area contributed by atoms with Gasteiger partial charge < -0.3 is 10.3 Å². The number of rotatable bonds is 3. The molecular weight excluding hydrogens is 354 g/mol. The van der Waals surface area contributed by atoms with Crippen molar-refractivity contribution in [3.63, 3.8) is 0 Å². The van der Waals surface area contributed by atoms with E-state index in [1.54, 1.807) is 0 Å². The van der Waals surface area contributed by atoms with Crippen LogP contribution >= 0.6 is 0 Å². The van der Waals surface area contributed by atoms with E-state index in [0.29, 0.717) is 11.0 Å². The molecule has 0 aliphatic heterocycles. The summed E-state index contributed by atoms with van der Waals surface area (Å²) >= 11 is 0. The molecule has 0 bridgehead atoms. The van der Waals surface area contributed by atoms with Crippen LogP contribution in [0.3, 0.4) is 0 Å². The van der Waals surface area contributed by atoms with Crippen molar-refractivity contribution in [2.24, 2.45) is 0 Å². The summed E-state index contributed by atoms with van der Waals surface area (Å²) in [4.78, 5) is 28.2. The number of H-pyrrole nitrogens is 1. The van der Waals surface area contributed by atoms with Gasteiger partial charge in [-0.05, 0) is 62.1 Å². The highest BCUT2D eigenvalue weighted by Crippen LogP contribution is 2.18. The van der Waals surface area contributed by atoms with Crippen molar-refractivity contribution in [3.8, 4) is 0 Å². The van der Waals surface area contributed by atoms with Crippen LogP contribution in [0.2, 0.25) is 0 Å². The van der Waals surface area contributed by atoms with Crippen LogP contribution in [0, 0.1) is 20.8 Å². The Morgan fingerprint density at radius 1 is 1.11 bits per heavy atom. The van der Waals surface area contributed by atoms with E-state index in [1.165, 1.54) is 10.1 Å². The maximum atomic E-state index is 12.8. The van der Waals surface area contributed by atoms with E-state index in [2.05, 4.69) is 20.6 Å². The predicted octanol–water partition coefficient (Wildman–Crippen LogP) is 2.99. The number of carbonyl (C=O) groups excluding carboxylic acids is 1. The molecule has 1 amide bonds. The number of aromatic amines is 1. The van der Waals surface area contributed by atoms with E-state index in [1.807, 2.05) is 64.1 Å². The van der Waals surface area contributed by atoms with E-state index in [9.17, 15) is 9.59 Å². The predicted molar refractivity (Wildman–Crippen MR) is 108 cm³/mol. The lowest BCUT2D eigenvalue weighted by molar-refractivity contribution is 0.0936. The van der Waals surface area contributed by atoms with Crippen molar-refractivity contribution in [1.82, 2.24) is 25.1 Å². The fraction of sp³-hybridized carbons (Fsp3) is 0.238. The minimum absolute atomic E-state index is 0.0133. The topological polar surface area (TPSA) is 92.1 Å². The maximum absolute atomic E-state index is 12.8. The van der Waals surface area contributed by atoms with E-state index >= 15 is 0 Å². The van der Waals surface area contributed by atoms with Gasteiger partial charge >= 0.3 is 0 Å². The van der Waals surface area contributed by atoms with Crippen LogP contribution in [0.15, 0.2) is 41.2 Å². The number of fused-ring (bicyclic) bond motifs is 3. The molecule has 7 heteroatoms. The molecule has 4 aromatic rings. The number of nitrogens with one attached hydrogen (secondary N) is 2. The first-order valence-corrected chi connectivity index (χ1v) is 9.11. The average Bonchev–Trinajstić information content (AvgIpc) is 3.09. The second kappa shape index (κ2) is 6.60. The quantitative estimate of drug-likeness (QED) is 0.576. The van der Waals surface area contributed by atoms with Crippen LogP contribution in [0.5, 0.6) is 0 Å².